The van der Waals surface area contributed by atoms with Crippen molar-refractivity contribution in [2.24, 2.45) is 5.73 Å². The van der Waals surface area contributed by atoms with Crippen LogP contribution >= 0.6 is 0 Å². The van der Waals surface area contributed by atoms with Crippen LogP contribution in [0.15, 0.2) is 9.21 Å². The van der Waals surface area contributed by atoms with E-state index >= 15 is 0 Å². The highest BCUT2D eigenvalue weighted by atomic mass is 16.4. The minimum absolute atomic E-state index is 0.205. The van der Waals surface area contributed by atoms with Gasteiger partial charge in [-0.15, -0.1) is 0 Å². The topological polar surface area (TPSA) is 59.5 Å². The summed E-state index contributed by atoms with van der Waals surface area (Å²) in [5, 5.41) is 1.02. The van der Waals surface area contributed by atoms with Gasteiger partial charge in [0.2, 0.25) is 0 Å². The maximum Gasteiger partial charge on any atom is 0.341 e. The Morgan fingerprint density at radius 1 is 1.00 bits per heavy atom. The molecule has 2 N–H and O–H groups in total. The van der Waals surface area contributed by atoms with Crippen molar-refractivity contribution in [1.82, 2.24) is 0 Å². The lowest BCUT2D eigenvalue weighted by Crippen LogP contribution is -2.17. The molecule has 1 aromatic carbocycles. The van der Waals surface area contributed by atoms with Crippen LogP contribution in [0.25, 0.3) is 11.0 Å². The number of nitrogens with two attached hydrogens (primary N) is 1. The van der Waals surface area contributed by atoms with E-state index in [4.69, 9.17) is 10.2 Å². The van der Waals surface area contributed by atoms with E-state index in [1.165, 1.54) is 5.56 Å². The van der Waals surface area contributed by atoms with Crippen molar-refractivity contribution < 1.29 is 4.42 Å². The average molecular weight is 274 g/mol. The second-order valence-electron chi connectivity index (χ2n) is 5.52. The number of anilines is 1. The molecule has 4 nitrogen and oxygen atoms in total. The van der Waals surface area contributed by atoms with Gasteiger partial charge in [0, 0.05) is 37.3 Å². The number of rotatable bonds is 2. The summed E-state index contributed by atoms with van der Waals surface area (Å²) < 4.78 is 5.56. The first-order chi connectivity index (χ1) is 9.31. The first-order valence-electron chi connectivity index (χ1n) is 6.74. The maximum absolute atomic E-state index is 12.1. The predicted molar refractivity (Wildman–Crippen MR) is 83.7 cm³/mol. The fraction of sp³-hybridized carbons (Fsp3) is 0.438. The zero-order valence-corrected chi connectivity index (χ0v) is 13.0. The Bertz CT molecular complexity index is 743. The first-order valence-corrected chi connectivity index (χ1v) is 6.74. The molecular formula is C16H22N2O2. The molecule has 0 spiro atoms. The van der Waals surface area contributed by atoms with Crippen LogP contribution in [0, 0.1) is 27.7 Å². The Morgan fingerprint density at radius 2 is 1.60 bits per heavy atom. The fourth-order valence-corrected chi connectivity index (χ4v) is 3.06. The molecule has 0 saturated carbocycles. The van der Waals surface area contributed by atoms with Crippen LogP contribution in [0.2, 0.25) is 0 Å². The summed E-state index contributed by atoms with van der Waals surface area (Å²) in [6.07, 6.45) is 0. The number of aryl methyl sites for hydroxylation is 3. The molecule has 4 heteroatoms. The fourth-order valence-electron chi connectivity index (χ4n) is 3.06. The highest BCUT2D eigenvalue weighted by molar-refractivity contribution is 5.93. The van der Waals surface area contributed by atoms with Crippen molar-refractivity contribution in [1.29, 1.82) is 0 Å². The summed E-state index contributed by atoms with van der Waals surface area (Å²) in [6, 6.07) is 0. The number of nitrogens with zero attached hydrogens (tertiary/aromatic N) is 1. The highest BCUT2D eigenvalue weighted by Gasteiger charge is 2.19. The van der Waals surface area contributed by atoms with Gasteiger partial charge in [-0.1, -0.05) is 0 Å². The minimum atomic E-state index is -0.325. The van der Waals surface area contributed by atoms with Crippen molar-refractivity contribution in [3.8, 4) is 0 Å². The van der Waals surface area contributed by atoms with Crippen LogP contribution in [0.4, 0.5) is 5.69 Å². The van der Waals surface area contributed by atoms with Gasteiger partial charge in [-0.05, 0) is 44.4 Å². The van der Waals surface area contributed by atoms with E-state index in [2.05, 4.69) is 18.7 Å². The second kappa shape index (κ2) is 4.94. The van der Waals surface area contributed by atoms with Gasteiger partial charge in [-0.25, -0.2) is 4.79 Å². The van der Waals surface area contributed by atoms with E-state index in [1.807, 2.05) is 27.9 Å². The van der Waals surface area contributed by atoms with Crippen molar-refractivity contribution >= 4 is 16.7 Å². The van der Waals surface area contributed by atoms with Crippen LogP contribution in [0.3, 0.4) is 0 Å². The smallest absolute Gasteiger partial charge is 0.341 e. The summed E-state index contributed by atoms with van der Waals surface area (Å²) in [4.78, 5) is 14.1. The van der Waals surface area contributed by atoms with Gasteiger partial charge in [-0.3, -0.25) is 0 Å². The van der Waals surface area contributed by atoms with Gasteiger partial charge >= 0.3 is 5.63 Å². The largest absolute Gasteiger partial charge is 0.422 e. The summed E-state index contributed by atoms with van der Waals surface area (Å²) in [6.45, 7) is 8.31. The quantitative estimate of drug-likeness (QED) is 0.855. The highest BCUT2D eigenvalue weighted by Crippen LogP contribution is 2.36. The number of benzene rings is 1. The zero-order valence-electron chi connectivity index (χ0n) is 13.0. The molecule has 0 aliphatic carbocycles. The molecule has 0 aliphatic rings. The van der Waals surface area contributed by atoms with E-state index in [0.29, 0.717) is 11.1 Å². The Labute approximate surface area is 119 Å². The molecule has 0 unspecified atom stereocenters. The van der Waals surface area contributed by atoms with Gasteiger partial charge in [0.25, 0.3) is 0 Å². The second-order valence-corrected chi connectivity index (χ2v) is 5.52. The Hall–Kier alpha value is -1.81. The third-order valence-electron chi connectivity index (χ3n) is 4.14. The molecular weight excluding hydrogens is 252 g/mol. The molecule has 108 valence electrons. The molecule has 1 aromatic heterocycles. The van der Waals surface area contributed by atoms with E-state index in [1.54, 1.807) is 0 Å². The third-order valence-corrected chi connectivity index (χ3v) is 4.14. The Kier molecular flexibility index (Phi) is 3.61. The summed E-state index contributed by atoms with van der Waals surface area (Å²) in [5.74, 6) is 0. The lowest BCUT2D eigenvalue weighted by molar-refractivity contribution is 0.546. The third kappa shape index (κ3) is 1.91. The van der Waals surface area contributed by atoms with E-state index in [0.717, 1.165) is 27.8 Å². The van der Waals surface area contributed by atoms with Gasteiger partial charge < -0.3 is 15.1 Å². The monoisotopic (exact) mass is 274 g/mol. The molecule has 2 rings (SSSR count). The van der Waals surface area contributed by atoms with Crippen molar-refractivity contribution in [3.05, 3.63) is 38.2 Å². The minimum Gasteiger partial charge on any atom is -0.422 e. The first kappa shape index (κ1) is 14.6. The van der Waals surface area contributed by atoms with Crippen LogP contribution < -0.4 is 16.3 Å². The predicted octanol–water partition coefficient (Wildman–Crippen LogP) is 2.55. The molecule has 0 fully saturated rings. The van der Waals surface area contributed by atoms with Gasteiger partial charge in [0.1, 0.15) is 5.58 Å². The lowest BCUT2D eigenvalue weighted by atomic mass is 9.93. The molecule has 0 radical (unpaired) electrons. The van der Waals surface area contributed by atoms with Crippen molar-refractivity contribution in [3.63, 3.8) is 0 Å². The standard InChI is InChI=1S/C16H22N2O2/c1-8-9(2)14(18(5)6)11(4)15-13(8)10(3)12(7-17)16(19)20-15/h7,17H2,1-6H3. The van der Waals surface area contributed by atoms with Crippen LogP contribution in [0.1, 0.15) is 27.8 Å². The van der Waals surface area contributed by atoms with Crippen molar-refractivity contribution in [2.75, 3.05) is 19.0 Å². The Morgan fingerprint density at radius 3 is 2.10 bits per heavy atom. The molecule has 0 bridgehead atoms. The zero-order chi connectivity index (χ0) is 15.2. The molecule has 0 amide bonds. The van der Waals surface area contributed by atoms with Crippen molar-refractivity contribution in [2.45, 2.75) is 34.2 Å². The number of hydrogen-bond acceptors (Lipinski definition) is 4. The van der Waals surface area contributed by atoms with Crippen LogP contribution in [-0.2, 0) is 6.54 Å². The van der Waals surface area contributed by atoms with Gasteiger partial charge in [0.05, 0.1) is 5.56 Å². The van der Waals surface area contributed by atoms with E-state index in [9.17, 15) is 4.79 Å². The molecule has 0 saturated heterocycles. The average Bonchev–Trinajstić information content (AvgIpc) is 2.36. The van der Waals surface area contributed by atoms with E-state index < -0.39 is 0 Å². The molecule has 20 heavy (non-hydrogen) atoms. The summed E-state index contributed by atoms with van der Waals surface area (Å²) in [5.41, 5.74) is 12.0. The normalized spacial score (nSPS) is 11.2. The van der Waals surface area contributed by atoms with Crippen LogP contribution in [-0.4, -0.2) is 14.1 Å². The van der Waals surface area contributed by atoms with E-state index in [-0.39, 0.29) is 12.2 Å². The van der Waals surface area contributed by atoms with Gasteiger partial charge in [0.15, 0.2) is 0 Å². The maximum atomic E-state index is 12.1. The molecule has 1 heterocycles. The molecule has 0 atom stereocenters. The SMILES string of the molecule is Cc1c(N(C)C)c(C)c2oc(=O)c(CN)c(C)c2c1C. The van der Waals surface area contributed by atoms with Crippen LogP contribution in [0.5, 0.6) is 0 Å². The lowest BCUT2D eigenvalue weighted by Gasteiger charge is -2.23. The number of fused-ring (bicyclic) bond motifs is 1. The summed E-state index contributed by atoms with van der Waals surface area (Å²) in [7, 11) is 4.00. The molecule has 0 aliphatic heterocycles. The van der Waals surface area contributed by atoms with Gasteiger partial charge in [-0.2, -0.15) is 0 Å². The summed E-state index contributed by atoms with van der Waals surface area (Å²) >= 11 is 0. The Balaban J connectivity index is 3.09. The number of hydrogen-bond donors (Lipinski definition) is 1. The molecule has 2 aromatic rings.